The fourth-order valence-electron chi connectivity index (χ4n) is 2.34. The summed E-state index contributed by atoms with van der Waals surface area (Å²) in [6.07, 6.45) is 0.555. The van der Waals surface area contributed by atoms with Crippen LogP contribution in [0.2, 0.25) is 0 Å². The van der Waals surface area contributed by atoms with Gasteiger partial charge in [0.25, 0.3) is 0 Å². The van der Waals surface area contributed by atoms with Gasteiger partial charge in [-0.05, 0) is 48.7 Å². The second-order valence-electron chi connectivity index (χ2n) is 5.65. The lowest BCUT2D eigenvalue weighted by atomic mass is 10.1. The fraction of sp³-hybridized carbons (Fsp3) is 0.278. The third-order valence-electron chi connectivity index (χ3n) is 3.77. The number of carbonyl (C=O) groups is 1. The molecule has 2 N–H and O–H groups in total. The van der Waals surface area contributed by atoms with Gasteiger partial charge in [-0.15, -0.1) is 0 Å². The fourth-order valence-corrected chi connectivity index (χ4v) is 3.40. The number of hydrogen-bond donors (Lipinski definition) is 2. The Hall–Kier alpha value is -2.45. The number of ether oxygens (including phenoxy) is 1. The lowest BCUT2D eigenvalue weighted by Gasteiger charge is -2.10. The minimum Gasteiger partial charge on any atom is -0.496 e. The van der Waals surface area contributed by atoms with Gasteiger partial charge < -0.3 is 10.1 Å². The van der Waals surface area contributed by atoms with Gasteiger partial charge in [0, 0.05) is 6.54 Å². The second kappa shape index (κ2) is 8.77. The van der Waals surface area contributed by atoms with Crippen molar-refractivity contribution in [2.75, 3.05) is 20.2 Å². The minimum absolute atomic E-state index is 0.0850. The smallest absolute Gasteiger partial charge is 0.241 e. The molecule has 0 fully saturated rings. The van der Waals surface area contributed by atoms with Gasteiger partial charge in [0.15, 0.2) is 0 Å². The summed E-state index contributed by atoms with van der Waals surface area (Å²) in [7, 11) is -2.31. The zero-order chi connectivity index (χ0) is 19.2. The van der Waals surface area contributed by atoms with E-state index in [-0.39, 0.29) is 10.5 Å². The van der Waals surface area contributed by atoms with E-state index in [0.29, 0.717) is 13.0 Å². The van der Waals surface area contributed by atoms with E-state index < -0.39 is 28.3 Å². The first-order valence-corrected chi connectivity index (χ1v) is 9.46. The van der Waals surface area contributed by atoms with Crippen molar-refractivity contribution in [3.05, 3.63) is 59.4 Å². The molecule has 140 valence electrons. The van der Waals surface area contributed by atoms with Crippen LogP contribution >= 0.6 is 0 Å². The lowest BCUT2D eigenvalue weighted by molar-refractivity contribution is -0.119. The Morgan fingerprint density at radius 1 is 1.19 bits per heavy atom. The van der Waals surface area contributed by atoms with E-state index in [0.717, 1.165) is 23.4 Å². The second-order valence-corrected chi connectivity index (χ2v) is 7.41. The van der Waals surface area contributed by atoms with Crippen molar-refractivity contribution >= 4 is 15.9 Å². The van der Waals surface area contributed by atoms with Gasteiger partial charge in [-0.1, -0.05) is 18.2 Å². The molecule has 0 aliphatic rings. The summed E-state index contributed by atoms with van der Waals surface area (Å²) in [6, 6.07) is 10.9. The van der Waals surface area contributed by atoms with Crippen LogP contribution in [0.15, 0.2) is 47.4 Å². The van der Waals surface area contributed by atoms with E-state index in [9.17, 15) is 17.6 Å². The van der Waals surface area contributed by atoms with Gasteiger partial charge in [0.2, 0.25) is 15.9 Å². The van der Waals surface area contributed by atoms with Crippen molar-refractivity contribution in [1.82, 2.24) is 10.0 Å². The van der Waals surface area contributed by atoms with Gasteiger partial charge in [-0.25, -0.2) is 17.5 Å². The Balaban J connectivity index is 1.85. The first-order chi connectivity index (χ1) is 12.3. The number of amides is 1. The molecule has 0 saturated heterocycles. The highest BCUT2D eigenvalue weighted by Crippen LogP contribution is 2.17. The van der Waals surface area contributed by atoms with Crippen LogP contribution in [-0.4, -0.2) is 34.5 Å². The summed E-state index contributed by atoms with van der Waals surface area (Å²) in [5.41, 5.74) is 1.16. The molecule has 0 heterocycles. The number of aryl methyl sites for hydroxylation is 1. The molecule has 2 aromatic rings. The highest BCUT2D eigenvalue weighted by atomic mass is 32.2. The summed E-state index contributed by atoms with van der Waals surface area (Å²) >= 11 is 0. The summed E-state index contributed by atoms with van der Waals surface area (Å²) in [5, 5.41) is 2.65. The monoisotopic (exact) mass is 380 g/mol. The number of carbonyl (C=O) groups excluding carboxylic acids is 1. The maximum Gasteiger partial charge on any atom is 0.241 e. The molecule has 26 heavy (non-hydrogen) atoms. The summed E-state index contributed by atoms with van der Waals surface area (Å²) in [5.74, 6) is -0.213. The van der Waals surface area contributed by atoms with Crippen LogP contribution in [0, 0.1) is 12.7 Å². The van der Waals surface area contributed by atoms with E-state index in [1.54, 1.807) is 7.11 Å². The maximum absolute atomic E-state index is 13.2. The molecule has 0 aromatic heterocycles. The summed E-state index contributed by atoms with van der Waals surface area (Å²) in [6.45, 7) is 1.42. The van der Waals surface area contributed by atoms with Crippen LogP contribution in [-0.2, 0) is 21.2 Å². The standard InChI is InChI=1S/C18H21FN2O4S/c1-13-11-15(7-8-16(13)19)26(23,24)21-12-18(22)20-10-9-14-5-3-4-6-17(14)25-2/h3-8,11,21H,9-10,12H2,1-2H3,(H,20,22). The average Bonchev–Trinajstić information content (AvgIpc) is 2.62. The number of methoxy groups -OCH3 is 1. The van der Waals surface area contributed by atoms with Crippen molar-refractivity contribution in [1.29, 1.82) is 0 Å². The highest BCUT2D eigenvalue weighted by molar-refractivity contribution is 7.89. The van der Waals surface area contributed by atoms with E-state index in [2.05, 4.69) is 10.0 Å². The molecular weight excluding hydrogens is 359 g/mol. The van der Waals surface area contributed by atoms with Gasteiger partial charge in [0.1, 0.15) is 11.6 Å². The quantitative estimate of drug-likeness (QED) is 0.731. The van der Waals surface area contributed by atoms with Crippen molar-refractivity contribution in [2.24, 2.45) is 0 Å². The van der Waals surface area contributed by atoms with Crippen LogP contribution in [0.3, 0.4) is 0 Å². The number of rotatable bonds is 8. The molecule has 0 atom stereocenters. The van der Waals surface area contributed by atoms with E-state index >= 15 is 0 Å². The number of hydrogen-bond acceptors (Lipinski definition) is 4. The zero-order valence-electron chi connectivity index (χ0n) is 14.6. The Labute approximate surface area is 152 Å². The Morgan fingerprint density at radius 3 is 2.62 bits per heavy atom. The van der Waals surface area contributed by atoms with Crippen LogP contribution in [0.1, 0.15) is 11.1 Å². The predicted octanol–water partition coefficient (Wildman–Crippen LogP) is 1.78. The van der Waals surface area contributed by atoms with E-state index in [1.807, 2.05) is 24.3 Å². The Bertz CT molecular complexity index is 885. The van der Waals surface area contributed by atoms with Crippen molar-refractivity contribution in [3.63, 3.8) is 0 Å². The third-order valence-corrected chi connectivity index (χ3v) is 5.17. The molecule has 6 nitrogen and oxygen atoms in total. The topological polar surface area (TPSA) is 84.5 Å². The number of nitrogens with one attached hydrogen (secondary N) is 2. The van der Waals surface area contributed by atoms with Gasteiger partial charge in [0.05, 0.1) is 18.6 Å². The van der Waals surface area contributed by atoms with Gasteiger partial charge >= 0.3 is 0 Å². The molecule has 0 spiro atoms. The van der Waals surface area contributed by atoms with Crippen LogP contribution in [0.5, 0.6) is 5.75 Å². The maximum atomic E-state index is 13.2. The summed E-state index contributed by atoms with van der Waals surface area (Å²) < 4.78 is 45.0. The third kappa shape index (κ3) is 5.27. The van der Waals surface area contributed by atoms with Crippen molar-refractivity contribution < 1.29 is 22.3 Å². The van der Waals surface area contributed by atoms with Crippen molar-refractivity contribution in [2.45, 2.75) is 18.2 Å². The minimum atomic E-state index is -3.88. The molecule has 0 aliphatic carbocycles. The molecule has 0 radical (unpaired) electrons. The normalized spacial score (nSPS) is 11.2. The average molecular weight is 380 g/mol. The van der Waals surface area contributed by atoms with Crippen LogP contribution in [0.4, 0.5) is 4.39 Å². The Kier molecular flexibility index (Phi) is 6.70. The first kappa shape index (κ1) is 19.9. The zero-order valence-corrected chi connectivity index (χ0v) is 15.4. The first-order valence-electron chi connectivity index (χ1n) is 7.98. The van der Waals surface area contributed by atoms with Crippen molar-refractivity contribution in [3.8, 4) is 5.75 Å². The number of benzene rings is 2. The molecule has 2 rings (SSSR count). The molecule has 0 unspecified atom stereocenters. The Morgan fingerprint density at radius 2 is 1.92 bits per heavy atom. The SMILES string of the molecule is COc1ccccc1CCNC(=O)CNS(=O)(=O)c1ccc(F)c(C)c1. The lowest BCUT2D eigenvalue weighted by Crippen LogP contribution is -2.37. The van der Waals surface area contributed by atoms with Gasteiger partial charge in [-0.2, -0.15) is 0 Å². The molecular formula is C18H21FN2O4S. The molecule has 0 bridgehead atoms. The number of para-hydroxylation sites is 1. The molecule has 1 amide bonds. The number of sulfonamides is 1. The van der Waals surface area contributed by atoms with E-state index in [1.165, 1.54) is 13.0 Å². The van der Waals surface area contributed by atoms with E-state index in [4.69, 9.17) is 4.74 Å². The van der Waals surface area contributed by atoms with Gasteiger partial charge in [-0.3, -0.25) is 4.79 Å². The molecule has 0 saturated carbocycles. The molecule has 8 heteroatoms. The highest BCUT2D eigenvalue weighted by Gasteiger charge is 2.16. The molecule has 0 aliphatic heterocycles. The van der Waals surface area contributed by atoms with Crippen LogP contribution < -0.4 is 14.8 Å². The number of halogens is 1. The largest absolute Gasteiger partial charge is 0.496 e. The van der Waals surface area contributed by atoms with Crippen LogP contribution in [0.25, 0.3) is 0 Å². The summed E-state index contributed by atoms with van der Waals surface area (Å²) in [4.78, 5) is 11.8. The predicted molar refractivity (Wildman–Crippen MR) is 96.0 cm³/mol. The molecule has 2 aromatic carbocycles.